The number of carboxylic acid groups (broad SMARTS) is 1. The van der Waals surface area contributed by atoms with Crippen LogP contribution in [0.15, 0.2) is 12.1 Å². The highest BCUT2D eigenvalue weighted by molar-refractivity contribution is 8.76. The number of carbonyl (C=O) groups is 2. The maximum Gasteiger partial charge on any atom is 0.321 e. The molecule has 1 aromatic rings. The molecule has 8 heteroatoms. The van der Waals surface area contributed by atoms with Crippen LogP contribution < -0.4 is 15.8 Å². The number of nitrogens with two attached hydrogens (primary N) is 1. The quantitative estimate of drug-likeness (QED) is 0.449. The van der Waals surface area contributed by atoms with Gasteiger partial charge in [0.2, 0.25) is 0 Å². The van der Waals surface area contributed by atoms with E-state index < -0.39 is 12.0 Å². The van der Waals surface area contributed by atoms with Crippen molar-refractivity contribution in [3.63, 3.8) is 0 Å². The summed E-state index contributed by atoms with van der Waals surface area (Å²) in [6.07, 6.45) is 2.99. The van der Waals surface area contributed by atoms with Gasteiger partial charge in [-0.1, -0.05) is 27.7 Å². The highest BCUT2D eigenvalue weighted by Crippen LogP contribution is 2.31. The van der Waals surface area contributed by atoms with Crippen LogP contribution in [0.5, 0.6) is 5.75 Å². The molecule has 0 bridgehead atoms. The first-order chi connectivity index (χ1) is 11.5. The number of rotatable bonds is 9. The summed E-state index contributed by atoms with van der Waals surface area (Å²) in [5, 5.41) is 11.6. The van der Waals surface area contributed by atoms with E-state index in [0.29, 0.717) is 29.4 Å². The molecule has 1 aliphatic rings. The van der Waals surface area contributed by atoms with Gasteiger partial charge in [-0.05, 0) is 36.5 Å². The predicted molar refractivity (Wildman–Crippen MR) is 97.9 cm³/mol. The van der Waals surface area contributed by atoms with Crippen molar-refractivity contribution in [2.75, 3.05) is 25.2 Å². The lowest BCUT2D eigenvalue weighted by atomic mass is 10.0. The summed E-state index contributed by atoms with van der Waals surface area (Å²) in [7, 11) is 4.47. The second-order valence-electron chi connectivity index (χ2n) is 5.44. The van der Waals surface area contributed by atoms with Gasteiger partial charge in [0.15, 0.2) is 0 Å². The lowest BCUT2D eigenvalue weighted by molar-refractivity contribution is -0.137. The second kappa shape index (κ2) is 9.19. The first kappa shape index (κ1) is 19.0. The number of amides is 1. The van der Waals surface area contributed by atoms with Crippen molar-refractivity contribution in [1.29, 1.82) is 0 Å². The molecule has 0 aliphatic heterocycles. The SMILES string of the molecule is COc1ccc2c(c1C(=O)NCCSSC[C@H](N)C(=O)O)CCC2. The van der Waals surface area contributed by atoms with Crippen molar-refractivity contribution in [1.82, 2.24) is 5.32 Å². The van der Waals surface area contributed by atoms with Crippen molar-refractivity contribution < 1.29 is 19.4 Å². The van der Waals surface area contributed by atoms with Crippen LogP contribution in [0.25, 0.3) is 0 Å². The van der Waals surface area contributed by atoms with Crippen molar-refractivity contribution in [3.05, 3.63) is 28.8 Å². The van der Waals surface area contributed by atoms with Crippen LogP contribution in [-0.4, -0.2) is 48.2 Å². The van der Waals surface area contributed by atoms with E-state index in [-0.39, 0.29) is 5.91 Å². The molecule has 0 saturated carbocycles. The molecule has 0 radical (unpaired) electrons. The Bertz CT molecular complexity index is 610. The summed E-state index contributed by atoms with van der Waals surface area (Å²) in [5.41, 5.74) is 8.40. The number of hydrogen-bond acceptors (Lipinski definition) is 6. The second-order valence-corrected chi connectivity index (χ2v) is 8.07. The van der Waals surface area contributed by atoms with Crippen molar-refractivity contribution in [2.45, 2.75) is 25.3 Å². The number of carbonyl (C=O) groups excluding carboxylic acids is 1. The molecule has 1 amide bonds. The number of methoxy groups -OCH3 is 1. The number of fused-ring (bicyclic) bond motifs is 1. The molecule has 0 unspecified atom stereocenters. The highest BCUT2D eigenvalue weighted by atomic mass is 33.1. The minimum Gasteiger partial charge on any atom is -0.496 e. The predicted octanol–water partition coefficient (Wildman–Crippen LogP) is 1.71. The van der Waals surface area contributed by atoms with Crippen LogP contribution in [0.3, 0.4) is 0 Å². The van der Waals surface area contributed by atoms with E-state index in [1.165, 1.54) is 27.2 Å². The molecule has 0 saturated heterocycles. The Labute approximate surface area is 149 Å². The van der Waals surface area contributed by atoms with E-state index in [2.05, 4.69) is 5.32 Å². The number of aliphatic carboxylic acids is 1. The summed E-state index contributed by atoms with van der Waals surface area (Å²) in [6.45, 7) is 0.506. The van der Waals surface area contributed by atoms with Gasteiger partial charge in [-0.15, -0.1) is 0 Å². The fourth-order valence-corrected chi connectivity index (χ4v) is 4.63. The third-order valence-corrected chi connectivity index (χ3v) is 6.25. The molecule has 1 atom stereocenters. The van der Waals surface area contributed by atoms with Crippen LogP contribution in [-0.2, 0) is 17.6 Å². The van der Waals surface area contributed by atoms with E-state index in [0.717, 1.165) is 24.8 Å². The average molecular weight is 370 g/mol. The fraction of sp³-hybridized carbons (Fsp3) is 0.500. The van der Waals surface area contributed by atoms with Gasteiger partial charge in [-0.2, -0.15) is 0 Å². The Morgan fingerprint density at radius 1 is 1.38 bits per heavy atom. The fourth-order valence-electron chi connectivity index (χ4n) is 2.61. The van der Waals surface area contributed by atoms with Crippen LogP contribution >= 0.6 is 21.6 Å². The molecular weight excluding hydrogens is 348 g/mol. The normalized spacial score (nSPS) is 14.1. The summed E-state index contributed by atoms with van der Waals surface area (Å²) < 4.78 is 5.35. The minimum atomic E-state index is -0.999. The number of benzene rings is 1. The van der Waals surface area contributed by atoms with Gasteiger partial charge in [-0.3, -0.25) is 9.59 Å². The molecule has 1 aromatic carbocycles. The number of aryl methyl sites for hydroxylation is 1. The Morgan fingerprint density at radius 3 is 2.88 bits per heavy atom. The highest BCUT2D eigenvalue weighted by Gasteiger charge is 2.23. The molecule has 6 nitrogen and oxygen atoms in total. The molecule has 1 aliphatic carbocycles. The molecule has 24 heavy (non-hydrogen) atoms. The lowest BCUT2D eigenvalue weighted by Crippen LogP contribution is -2.32. The minimum absolute atomic E-state index is 0.113. The first-order valence-electron chi connectivity index (χ1n) is 7.74. The molecule has 4 N–H and O–H groups in total. The monoisotopic (exact) mass is 370 g/mol. The van der Waals surface area contributed by atoms with Crippen LogP contribution in [0.1, 0.15) is 27.9 Å². The Balaban J connectivity index is 1.81. The van der Waals surface area contributed by atoms with Gasteiger partial charge < -0.3 is 20.9 Å². The zero-order valence-corrected chi connectivity index (χ0v) is 15.2. The van der Waals surface area contributed by atoms with Gasteiger partial charge in [0.25, 0.3) is 5.91 Å². The Kier molecular flexibility index (Phi) is 7.26. The maximum absolute atomic E-state index is 12.5. The summed E-state index contributed by atoms with van der Waals surface area (Å²) >= 11 is 0. The van der Waals surface area contributed by atoms with Crippen LogP contribution in [0.2, 0.25) is 0 Å². The number of ether oxygens (including phenoxy) is 1. The summed E-state index contributed by atoms with van der Waals surface area (Å²) in [5.74, 6) is 0.524. The van der Waals surface area contributed by atoms with Crippen LogP contribution in [0.4, 0.5) is 0 Å². The van der Waals surface area contributed by atoms with Crippen molar-refractivity contribution in [2.24, 2.45) is 5.73 Å². The van der Waals surface area contributed by atoms with Gasteiger partial charge in [0.05, 0.1) is 12.7 Å². The number of carboxylic acids is 1. The maximum atomic E-state index is 12.5. The molecular formula is C16H22N2O4S2. The third kappa shape index (κ3) is 4.81. The molecule has 0 spiro atoms. The summed E-state index contributed by atoms with van der Waals surface area (Å²) in [4.78, 5) is 23.1. The number of hydrogen-bond donors (Lipinski definition) is 3. The van der Waals surface area contributed by atoms with Gasteiger partial charge >= 0.3 is 5.97 Å². The van der Waals surface area contributed by atoms with E-state index >= 15 is 0 Å². The van der Waals surface area contributed by atoms with Gasteiger partial charge in [-0.25, -0.2) is 0 Å². The molecule has 0 fully saturated rings. The average Bonchev–Trinajstić information content (AvgIpc) is 3.04. The zero-order chi connectivity index (χ0) is 17.5. The summed E-state index contributed by atoms with van der Waals surface area (Å²) in [6, 6.07) is 3.04. The van der Waals surface area contributed by atoms with E-state index in [1.54, 1.807) is 7.11 Å². The van der Waals surface area contributed by atoms with Gasteiger partial charge in [0.1, 0.15) is 11.8 Å². The van der Waals surface area contributed by atoms with Crippen molar-refractivity contribution in [3.8, 4) is 5.75 Å². The molecule has 132 valence electrons. The lowest BCUT2D eigenvalue weighted by Gasteiger charge is -2.13. The van der Waals surface area contributed by atoms with E-state index in [9.17, 15) is 9.59 Å². The standard InChI is InChI=1S/C16H22N2O4S2/c1-22-13-6-5-10-3-2-4-11(10)14(13)15(19)18-7-8-23-24-9-12(17)16(20)21/h5-6,12H,2-4,7-9,17H2,1H3,(H,18,19)(H,20,21)/t12-/m0/s1. The zero-order valence-electron chi connectivity index (χ0n) is 13.5. The molecule has 0 heterocycles. The molecule has 0 aromatic heterocycles. The topological polar surface area (TPSA) is 102 Å². The van der Waals surface area contributed by atoms with Crippen molar-refractivity contribution >= 4 is 33.5 Å². The van der Waals surface area contributed by atoms with E-state index in [1.807, 2.05) is 12.1 Å². The third-order valence-electron chi connectivity index (χ3n) is 3.81. The Hall–Kier alpha value is -1.38. The smallest absolute Gasteiger partial charge is 0.321 e. The Morgan fingerprint density at radius 2 is 2.17 bits per heavy atom. The van der Waals surface area contributed by atoms with Crippen LogP contribution in [0, 0.1) is 0 Å². The van der Waals surface area contributed by atoms with E-state index in [4.69, 9.17) is 15.6 Å². The molecule has 2 rings (SSSR count). The largest absolute Gasteiger partial charge is 0.496 e. The first-order valence-corrected chi connectivity index (χ1v) is 10.2. The number of nitrogens with one attached hydrogen (secondary N) is 1. The van der Waals surface area contributed by atoms with Gasteiger partial charge in [0, 0.05) is 18.1 Å².